The van der Waals surface area contributed by atoms with Gasteiger partial charge in [-0.25, -0.2) is 12.4 Å². The Hall–Kier alpha value is -1.54. The van der Waals surface area contributed by atoms with E-state index >= 15 is 0 Å². The Labute approximate surface area is 172 Å². The summed E-state index contributed by atoms with van der Waals surface area (Å²) in [5.41, 5.74) is 1.52. The van der Waals surface area contributed by atoms with Crippen LogP contribution >= 0.6 is 27.5 Å². The molecule has 0 amide bonds. The number of fused-ring (bicyclic) bond motifs is 1. The molecule has 0 spiro atoms. The fourth-order valence-electron chi connectivity index (χ4n) is 3.37. The fourth-order valence-corrected chi connectivity index (χ4v) is 5.16. The van der Waals surface area contributed by atoms with Gasteiger partial charge in [-0.3, -0.25) is 0 Å². The van der Waals surface area contributed by atoms with Crippen molar-refractivity contribution in [2.75, 3.05) is 38.1 Å². The van der Waals surface area contributed by atoms with Crippen molar-refractivity contribution in [1.82, 2.24) is 8.87 Å². The molecule has 1 aliphatic rings. The highest BCUT2D eigenvalue weighted by Gasteiger charge is 2.25. The van der Waals surface area contributed by atoms with Crippen LogP contribution in [0.5, 0.6) is 0 Å². The average Bonchev–Trinajstić information content (AvgIpc) is 3.02. The van der Waals surface area contributed by atoms with Crippen molar-refractivity contribution in [3.8, 4) is 0 Å². The van der Waals surface area contributed by atoms with Crippen LogP contribution in [0.4, 0.5) is 5.69 Å². The first kappa shape index (κ1) is 18.8. The number of hydrogen-bond donors (Lipinski definition) is 0. The Balaban J connectivity index is 1.88. The molecule has 0 N–H and O–H groups in total. The largest absolute Gasteiger partial charge is 0.367 e. The lowest BCUT2D eigenvalue weighted by Gasteiger charge is -2.33. The molecule has 1 aliphatic heterocycles. The molecule has 1 fully saturated rings. The van der Waals surface area contributed by atoms with E-state index in [-0.39, 0.29) is 4.90 Å². The van der Waals surface area contributed by atoms with Gasteiger partial charge in [-0.1, -0.05) is 27.5 Å². The molecule has 2 heterocycles. The van der Waals surface area contributed by atoms with E-state index in [1.165, 1.54) is 3.97 Å². The van der Waals surface area contributed by atoms with Crippen LogP contribution in [0.2, 0.25) is 5.02 Å². The number of halogens is 2. The molecule has 2 aromatic carbocycles. The van der Waals surface area contributed by atoms with Crippen LogP contribution in [0.3, 0.4) is 0 Å². The number of rotatable bonds is 3. The molecular formula is C19H19BrClN3O2S. The normalized spacial score (nSPS) is 16.2. The fraction of sp³-hybridized carbons (Fsp3) is 0.263. The lowest BCUT2D eigenvalue weighted by molar-refractivity contribution is 0.313. The smallest absolute Gasteiger partial charge is 0.268 e. The Morgan fingerprint density at radius 2 is 1.67 bits per heavy atom. The van der Waals surface area contributed by atoms with Crippen molar-refractivity contribution in [3.05, 3.63) is 58.2 Å². The summed E-state index contributed by atoms with van der Waals surface area (Å²) >= 11 is 9.54. The lowest BCUT2D eigenvalue weighted by atomic mass is 10.2. The molecule has 0 bridgehead atoms. The first-order valence-corrected chi connectivity index (χ1v) is 11.2. The summed E-state index contributed by atoms with van der Waals surface area (Å²) in [6.07, 6.45) is 1.73. The molecule has 5 nitrogen and oxygen atoms in total. The van der Waals surface area contributed by atoms with E-state index in [0.717, 1.165) is 41.7 Å². The maximum absolute atomic E-state index is 13.3. The molecule has 4 rings (SSSR count). The molecule has 142 valence electrons. The number of hydrogen-bond acceptors (Lipinski definition) is 4. The minimum Gasteiger partial charge on any atom is -0.367 e. The monoisotopic (exact) mass is 467 g/mol. The summed E-state index contributed by atoms with van der Waals surface area (Å²) in [6, 6.07) is 12.1. The quantitative estimate of drug-likeness (QED) is 0.582. The zero-order valence-corrected chi connectivity index (χ0v) is 17.9. The van der Waals surface area contributed by atoms with E-state index in [1.807, 2.05) is 6.07 Å². The minimum absolute atomic E-state index is 0.243. The third kappa shape index (κ3) is 3.49. The van der Waals surface area contributed by atoms with Crippen LogP contribution in [0.25, 0.3) is 10.9 Å². The van der Waals surface area contributed by atoms with Gasteiger partial charge in [0.05, 0.1) is 16.1 Å². The molecule has 0 radical (unpaired) electrons. The predicted octanol–water partition coefficient (Wildman–Crippen LogP) is 4.05. The van der Waals surface area contributed by atoms with Gasteiger partial charge in [0.1, 0.15) is 0 Å². The summed E-state index contributed by atoms with van der Waals surface area (Å²) in [5.74, 6) is 0. The van der Waals surface area contributed by atoms with Crippen molar-refractivity contribution in [3.63, 3.8) is 0 Å². The average molecular weight is 469 g/mol. The maximum Gasteiger partial charge on any atom is 0.268 e. The van der Waals surface area contributed by atoms with E-state index < -0.39 is 10.0 Å². The summed E-state index contributed by atoms with van der Waals surface area (Å²) in [6.45, 7) is 3.60. The van der Waals surface area contributed by atoms with Gasteiger partial charge in [-0.05, 0) is 49.5 Å². The van der Waals surface area contributed by atoms with Crippen molar-refractivity contribution < 1.29 is 8.42 Å². The highest BCUT2D eigenvalue weighted by molar-refractivity contribution is 9.10. The van der Waals surface area contributed by atoms with Gasteiger partial charge in [0, 0.05) is 47.3 Å². The van der Waals surface area contributed by atoms with Crippen LogP contribution in [0, 0.1) is 0 Å². The number of aromatic nitrogens is 1. The van der Waals surface area contributed by atoms with Crippen molar-refractivity contribution >= 4 is 54.1 Å². The molecule has 8 heteroatoms. The van der Waals surface area contributed by atoms with Gasteiger partial charge in [-0.2, -0.15) is 0 Å². The Kier molecular flexibility index (Phi) is 4.96. The number of likely N-dealkylation sites (N-methyl/N-ethyl adjacent to an activating group) is 1. The van der Waals surface area contributed by atoms with Crippen molar-refractivity contribution in [2.24, 2.45) is 0 Å². The third-order valence-corrected chi connectivity index (χ3v) is 7.38. The van der Waals surface area contributed by atoms with Gasteiger partial charge in [0.15, 0.2) is 0 Å². The number of piperazine rings is 1. The number of nitrogens with zero attached hydrogens (tertiary/aromatic N) is 3. The van der Waals surface area contributed by atoms with E-state index in [0.29, 0.717) is 10.5 Å². The van der Waals surface area contributed by atoms with Crippen LogP contribution in [0.15, 0.2) is 58.0 Å². The van der Waals surface area contributed by atoms with Crippen LogP contribution in [-0.4, -0.2) is 50.5 Å². The highest BCUT2D eigenvalue weighted by Crippen LogP contribution is 2.34. The Morgan fingerprint density at radius 1 is 1.00 bits per heavy atom. The Morgan fingerprint density at radius 3 is 2.33 bits per heavy atom. The van der Waals surface area contributed by atoms with Gasteiger partial charge in [0.25, 0.3) is 10.0 Å². The molecule has 1 aromatic heterocycles. The van der Waals surface area contributed by atoms with Crippen LogP contribution in [-0.2, 0) is 10.0 Å². The maximum atomic E-state index is 13.3. The molecule has 0 unspecified atom stereocenters. The molecule has 3 aromatic rings. The first-order valence-electron chi connectivity index (χ1n) is 8.61. The van der Waals surface area contributed by atoms with Gasteiger partial charge >= 0.3 is 0 Å². The zero-order valence-electron chi connectivity index (χ0n) is 14.8. The van der Waals surface area contributed by atoms with Gasteiger partial charge in [0.2, 0.25) is 0 Å². The lowest BCUT2D eigenvalue weighted by Crippen LogP contribution is -2.44. The van der Waals surface area contributed by atoms with Crippen LogP contribution < -0.4 is 4.90 Å². The summed E-state index contributed by atoms with van der Waals surface area (Å²) in [7, 11) is -1.63. The third-order valence-electron chi connectivity index (χ3n) is 4.93. The van der Waals surface area contributed by atoms with Crippen molar-refractivity contribution in [1.29, 1.82) is 0 Å². The zero-order chi connectivity index (χ0) is 19.2. The van der Waals surface area contributed by atoms with Gasteiger partial charge < -0.3 is 9.80 Å². The number of anilines is 1. The minimum atomic E-state index is -3.73. The standard InChI is InChI=1S/C19H19BrClN3O2S/c1-22-8-10-23(11-9-22)19-13-24(18-12-15(21)4-7-17(18)19)27(25,26)16-5-2-14(20)3-6-16/h2-7,12-13H,8-11H2,1H3. The molecule has 0 aliphatic carbocycles. The Bertz CT molecular complexity index is 1090. The SMILES string of the molecule is CN1CCN(c2cn(S(=O)(=O)c3ccc(Br)cc3)c3cc(Cl)ccc23)CC1. The van der Waals surface area contributed by atoms with E-state index in [9.17, 15) is 8.42 Å². The van der Waals surface area contributed by atoms with Crippen molar-refractivity contribution in [2.45, 2.75) is 4.90 Å². The molecule has 27 heavy (non-hydrogen) atoms. The second kappa shape index (κ2) is 7.13. The first-order chi connectivity index (χ1) is 12.9. The van der Waals surface area contributed by atoms with E-state index in [2.05, 4.69) is 32.8 Å². The summed E-state index contributed by atoms with van der Waals surface area (Å²) in [4.78, 5) is 4.75. The topological polar surface area (TPSA) is 45.5 Å². The summed E-state index contributed by atoms with van der Waals surface area (Å²) in [5, 5.41) is 1.41. The highest BCUT2D eigenvalue weighted by atomic mass is 79.9. The van der Waals surface area contributed by atoms with Crippen LogP contribution in [0.1, 0.15) is 0 Å². The second-order valence-corrected chi connectivity index (χ2v) is 9.89. The molecule has 0 saturated carbocycles. The van der Waals surface area contributed by atoms with E-state index in [4.69, 9.17) is 11.6 Å². The van der Waals surface area contributed by atoms with Gasteiger partial charge in [-0.15, -0.1) is 0 Å². The molecule has 0 atom stereocenters. The predicted molar refractivity (Wildman–Crippen MR) is 113 cm³/mol. The number of benzene rings is 2. The second-order valence-electron chi connectivity index (χ2n) is 6.72. The summed E-state index contributed by atoms with van der Waals surface area (Å²) < 4.78 is 28.8. The van der Waals surface area contributed by atoms with E-state index in [1.54, 1.807) is 42.6 Å². The molecule has 1 saturated heterocycles. The molecular weight excluding hydrogens is 450 g/mol.